The molecule has 1 N–H and O–H groups in total. The van der Waals surface area contributed by atoms with Crippen LogP contribution in [0.4, 0.5) is 13.2 Å². The van der Waals surface area contributed by atoms with E-state index in [4.69, 9.17) is 0 Å². The zero-order valence-corrected chi connectivity index (χ0v) is 22.0. The lowest BCUT2D eigenvalue weighted by atomic mass is 9.78. The number of hydrogen-bond donors (Lipinski definition) is 2. The molecule has 0 bridgehead atoms. The minimum absolute atomic E-state index is 0.335. The van der Waals surface area contributed by atoms with Crippen molar-refractivity contribution in [2.75, 3.05) is 13.6 Å². The molecule has 1 saturated carbocycles. The van der Waals surface area contributed by atoms with E-state index >= 15 is 0 Å². The third-order valence-electron chi connectivity index (χ3n) is 6.88. The lowest BCUT2D eigenvalue weighted by molar-refractivity contribution is -0.137. The Bertz CT molecular complexity index is 1160. The number of benzene rings is 2. The molecular weight excluding hydrogens is 477 g/mol. The SMILES string of the molecule is C=C(NCc1cccc(C)c1)C(=C)C(=C)/C(S)=C\N(C)CC1(c2cccc(C(F)(F)F)c2)CCCC1. The lowest BCUT2D eigenvalue weighted by Crippen LogP contribution is -2.35. The first-order valence-corrected chi connectivity index (χ1v) is 12.5. The molecule has 3 rings (SSSR count). The number of rotatable bonds is 10. The minimum atomic E-state index is -4.35. The van der Waals surface area contributed by atoms with Crippen molar-refractivity contribution < 1.29 is 13.2 Å². The van der Waals surface area contributed by atoms with Crippen molar-refractivity contribution in [3.63, 3.8) is 0 Å². The summed E-state index contributed by atoms with van der Waals surface area (Å²) >= 11 is 4.66. The highest BCUT2D eigenvalue weighted by Crippen LogP contribution is 2.43. The second kappa shape index (κ2) is 11.5. The zero-order chi connectivity index (χ0) is 26.5. The molecule has 0 heterocycles. The van der Waals surface area contributed by atoms with E-state index in [0.717, 1.165) is 42.9 Å². The highest BCUT2D eigenvalue weighted by Gasteiger charge is 2.38. The van der Waals surface area contributed by atoms with Gasteiger partial charge in [0.15, 0.2) is 0 Å². The van der Waals surface area contributed by atoms with Gasteiger partial charge in [0.1, 0.15) is 0 Å². The van der Waals surface area contributed by atoms with Crippen LogP contribution in [-0.4, -0.2) is 18.5 Å². The van der Waals surface area contributed by atoms with Gasteiger partial charge in [-0.1, -0.05) is 80.6 Å². The van der Waals surface area contributed by atoms with Gasteiger partial charge >= 0.3 is 6.18 Å². The molecular formula is C30H35F3N2S. The Hall–Kier alpha value is -2.86. The van der Waals surface area contributed by atoms with Crippen LogP contribution in [0.1, 0.15) is 47.9 Å². The average Bonchev–Trinajstić information content (AvgIpc) is 3.30. The fourth-order valence-electron chi connectivity index (χ4n) is 4.90. The van der Waals surface area contributed by atoms with Gasteiger partial charge in [0.05, 0.1) is 5.56 Å². The van der Waals surface area contributed by atoms with Crippen LogP contribution >= 0.6 is 12.6 Å². The number of nitrogens with zero attached hydrogens (tertiary/aromatic N) is 1. The van der Waals surface area contributed by atoms with E-state index in [1.165, 1.54) is 17.7 Å². The first-order valence-electron chi connectivity index (χ1n) is 12.1. The Labute approximate surface area is 218 Å². The summed E-state index contributed by atoms with van der Waals surface area (Å²) in [4.78, 5) is 2.63. The van der Waals surface area contributed by atoms with E-state index in [9.17, 15) is 13.2 Å². The molecule has 192 valence electrons. The molecule has 0 aromatic heterocycles. The maximum Gasteiger partial charge on any atom is 0.416 e. The number of thiol groups is 1. The molecule has 1 aliphatic rings. The molecule has 1 aliphatic carbocycles. The van der Waals surface area contributed by atoms with E-state index in [-0.39, 0.29) is 5.41 Å². The van der Waals surface area contributed by atoms with Gasteiger partial charge in [-0.05, 0) is 48.1 Å². The first kappa shape index (κ1) is 27.7. The summed E-state index contributed by atoms with van der Waals surface area (Å²) in [5.74, 6) is 0. The van der Waals surface area contributed by atoms with Crippen molar-refractivity contribution in [3.05, 3.63) is 118 Å². The predicted octanol–water partition coefficient (Wildman–Crippen LogP) is 7.94. The van der Waals surface area contributed by atoms with Gasteiger partial charge in [-0.15, -0.1) is 12.6 Å². The Kier molecular flexibility index (Phi) is 8.83. The summed E-state index contributed by atoms with van der Waals surface area (Å²) < 4.78 is 40.1. The number of nitrogens with one attached hydrogen (secondary N) is 1. The summed E-state index contributed by atoms with van der Waals surface area (Å²) in [5, 5.41) is 3.30. The monoisotopic (exact) mass is 512 g/mol. The van der Waals surface area contributed by atoms with Gasteiger partial charge in [-0.25, -0.2) is 0 Å². The van der Waals surface area contributed by atoms with Crippen molar-refractivity contribution in [2.24, 2.45) is 0 Å². The smallest absolute Gasteiger partial charge is 0.381 e. The summed E-state index contributed by atoms with van der Waals surface area (Å²) in [6, 6.07) is 14.0. The molecule has 36 heavy (non-hydrogen) atoms. The van der Waals surface area contributed by atoms with E-state index in [0.29, 0.717) is 34.8 Å². The van der Waals surface area contributed by atoms with Crippen molar-refractivity contribution >= 4 is 12.6 Å². The van der Waals surface area contributed by atoms with Crippen LogP contribution in [-0.2, 0) is 18.1 Å². The molecule has 0 amide bonds. The topological polar surface area (TPSA) is 15.3 Å². The number of likely N-dealkylation sites (N-methyl/N-ethyl adjacent to an activating group) is 1. The molecule has 0 atom stereocenters. The molecule has 2 aromatic carbocycles. The first-order chi connectivity index (χ1) is 16.9. The molecule has 0 radical (unpaired) electrons. The van der Waals surface area contributed by atoms with Gasteiger partial charge in [-0.3, -0.25) is 0 Å². The second-order valence-corrected chi connectivity index (χ2v) is 10.3. The van der Waals surface area contributed by atoms with Gasteiger partial charge < -0.3 is 10.2 Å². The Balaban J connectivity index is 1.68. The van der Waals surface area contributed by atoms with Gasteiger partial charge in [0.2, 0.25) is 0 Å². The Morgan fingerprint density at radius 2 is 1.72 bits per heavy atom. The van der Waals surface area contributed by atoms with Crippen molar-refractivity contribution in [2.45, 2.75) is 50.7 Å². The molecule has 0 spiro atoms. The average molecular weight is 513 g/mol. The third kappa shape index (κ3) is 6.88. The van der Waals surface area contributed by atoms with E-state index in [1.807, 2.05) is 36.3 Å². The fraction of sp³-hybridized carbons (Fsp3) is 0.333. The normalized spacial score (nSPS) is 15.4. The standard InChI is InChI=1S/C30H35F3N2S/c1-21-10-8-11-25(16-21)18-34-24(4)22(2)23(3)28(36)19-35(5)20-29(14-6-7-15-29)26-12-9-13-27(17-26)30(31,32)33/h8-13,16-17,19,34,36H,2-4,6-7,14-15,18,20H2,1,5H3/b28-19+. The molecule has 0 aliphatic heterocycles. The largest absolute Gasteiger partial charge is 0.416 e. The van der Waals surface area contributed by atoms with Crippen LogP contribution in [0.25, 0.3) is 0 Å². The van der Waals surface area contributed by atoms with Crippen LogP contribution in [0, 0.1) is 6.92 Å². The van der Waals surface area contributed by atoms with Crippen LogP contribution in [0.5, 0.6) is 0 Å². The van der Waals surface area contributed by atoms with Gasteiger partial charge in [0.25, 0.3) is 0 Å². The summed E-state index contributed by atoms with van der Waals surface area (Å²) in [6.45, 7) is 15.6. The highest BCUT2D eigenvalue weighted by molar-refractivity contribution is 7.84. The number of hydrogen-bond acceptors (Lipinski definition) is 3. The van der Waals surface area contributed by atoms with E-state index < -0.39 is 11.7 Å². The molecule has 1 fully saturated rings. The van der Waals surface area contributed by atoms with Crippen LogP contribution in [0.2, 0.25) is 0 Å². The third-order valence-corrected chi connectivity index (χ3v) is 7.27. The number of aryl methyl sites for hydroxylation is 1. The van der Waals surface area contributed by atoms with Gasteiger partial charge in [-0.2, -0.15) is 13.2 Å². The highest BCUT2D eigenvalue weighted by atomic mass is 32.1. The van der Waals surface area contributed by atoms with Crippen molar-refractivity contribution in [1.29, 1.82) is 0 Å². The van der Waals surface area contributed by atoms with Crippen LogP contribution in [0.3, 0.4) is 0 Å². The summed E-state index contributed by atoms with van der Waals surface area (Å²) in [6.07, 6.45) is 1.21. The zero-order valence-electron chi connectivity index (χ0n) is 21.1. The quantitative estimate of drug-likeness (QED) is 0.248. The number of halogens is 3. The van der Waals surface area contributed by atoms with E-state index in [2.05, 4.69) is 56.7 Å². The number of alkyl halides is 3. The predicted molar refractivity (Wildman–Crippen MR) is 147 cm³/mol. The molecule has 0 saturated heterocycles. The van der Waals surface area contributed by atoms with Crippen molar-refractivity contribution in [1.82, 2.24) is 10.2 Å². The maximum atomic E-state index is 13.4. The fourth-order valence-corrected chi connectivity index (χ4v) is 5.23. The van der Waals surface area contributed by atoms with Crippen molar-refractivity contribution in [3.8, 4) is 0 Å². The van der Waals surface area contributed by atoms with Gasteiger partial charge in [0, 0.05) is 42.4 Å². The van der Waals surface area contributed by atoms with E-state index in [1.54, 1.807) is 0 Å². The molecule has 2 nitrogen and oxygen atoms in total. The van der Waals surface area contributed by atoms with Crippen LogP contribution < -0.4 is 5.32 Å². The minimum Gasteiger partial charge on any atom is -0.381 e. The molecule has 0 unspecified atom stereocenters. The summed E-state index contributed by atoms with van der Waals surface area (Å²) in [7, 11) is 1.92. The maximum absolute atomic E-state index is 13.4. The lowest BCUT2D eigenvalue weighted by Gasteiger charge is -2.34. The molecule has 2 aromatic rings. The Morgan fingerprint density at radius 3 is 2.36 bits per heavy atom. The number of allylic oxidation sites excluding steroid dienone is 2. The second-order valence-electron chi connectivity index (χ2n) is 9.77. The van der Waals surface area contributed by atoms with Crippen LogP contribution in [0.15, 0.2) is 96.2 Å². The Morgan fingerprint density at radius 1 is 1.06 bits per heavy atom. The molecule has 6 heteroatoms. The summed E-state index contributed by atoms with van der Waals surface area (Å²) in [5.41, 5.74) is 4.12.